The first-order chi connectivity index (χ1) is 14.1. The molecule has 0 spiro atoms. The van der Waals surface area contributed by atoms with Crippen molar-refractivity contribution in [2.75, 3.05) is 37.3 Å². The van der Waals surface area contributed by atoms with Crippen LogP contribution in [-0.4, -0.2) is 60.4 Å². The Morgan fingerprint density at radius 3 is 2.37 bits per heavy atom. The maximum absolute atomic E-state index is 14.6. The third-order valence-corrected chi connectivity index (χ3v) is 5.11. The lowest BCUT2D eigenvalue weighted by Gasteiger charge is -2.37. The average molecular weight is 458 g/mol. The number of hydrogen-bond donors (Lipinski definition) is 1. The number of carbonyl (C=O) groups excluding carboxylic acids is 2. The minimum Gasteiger partial charge on any atom is -0.444 e. The van der Waals surface area contributed by atoms with E-state index in [1.165, 1.54) is 12.1 Å². The van der Waals surface area contributed by atoms with Gasteiger partial charge in [0.15, 0.2) is 0 Å². The molecule has 1 aromatic carbocycles. The van der Waals surface area contributed by atoms with Gasteiger partial charge < -0.3 is 19.9 Å². The molecule has 1 aliphatic rings. The molecule has 1 N–H and O–H groups in total. The summed E-state index contributed by atoms with van der Waals surface area (Å²) in [6.07, 6.45) is 2.63. The van der Waals surface area contributed by atoms with E-state index in [-0.39, 0.29) is 10.5 Å². The maximum atomic E-state index is 14.6. The van der Waals surface area contributed by atoms with Gasteiger partial charge in [0.1, 0.15) is 17.2 Å². The Balaban J connectivity index is 2.27. The van der Waals surface area contributed by atoms with Gasteiger partial charge in [0.2, 0.25) is 0 Å². The molecule has 0 bridgehead atoms. The van der Waals surface area contributed by atoms with Crippen LogP contribution in [0.1, 0.15) is 26.3 Å². The standard InChI is InChI=1S/C20H25F2N3O3S2/c1-20(2,3)28-19(27)25-7-5-24(6-8-25)16-10-13(21)9-15(22)14(16)11-17(30-4)18(26)23-12-29/h9-12H,5-8H2,1-4H3,(H,23,26,29)/b17-11-. The topological polar surface area (TPSA) is 61.9 Å². The van der Waals surface area contributed by atoms with Crippen LogP contribution in [-0.2, 0) is 9.53 Å². The van der Waals surface area contributed by atoms with Crippen molar-refractivity contribution in [1.82, 2.24) is 10.2 Å². The van der Waals surface area contributed by atoms with Crippen LogP contribution in [0.3, 0.4) is 0 Å². The van der Waals surface area contributed by atoms with Crippen molar-refractivity contribution in [3.63, 3.8) is 0 Å². The first kappa shape index (κ1) is 24.1. The molecule has 6 nitrogen and oxygen atoms in total. The lowest BCUT2D eigenvalue weighted by Crippen LogP contribution is -2.50. The number of piperazine rings is 1. The Hall–Kier alpha value is -2.20. The summed E-state index contributed by atoms with van der Waals surface area (Å²) in [5.74, 6) is -1.97. The molecule has 1 aliphatic heterocycles. The van der Waals surface area contributed by atoms with Crippen LogP contribution in [0.4, 0.5) is 19.3 Å². The molecule has 1 heterocycles. The van der Waals surface area contributed by atoms with E-state index < -0.39 is 29.2 Å². The summed E-state index contributed by atoms with van der Waals surface area (Å²) in [6.45, 7) is 6.79. The van der Waals surface area contributed by atoms with Gasteiger partial charge in [-0.15, -0.1) is 11.8 Å². The predicted octanol–water partition coefficient (Wildman–Crippen LogP) is 3.80. The number of benzene rings is 1. The largest absolute Gasteiger partial charge is 0.444 e. The molecule has 0 unspecified atom stereocenters. The van der Waals surface area contributed by atoms with Crippen LogP contribution in [0.15, 0.2) is 17.0 Å². The monoisotopic (exact) mass is 457 g/mol. The Morgan fingerprint density at radius 2 is 1.83 bits per heavy atom. The number of amides is 2. The van der Waals surface area contributed by atoms with E-state index >= 15 is 0 Å². The van der Waals surface area contributed by atoms with Crippen molar-refractivity contribution in [3.8, 4) is 0 Å². The van der Waals surface area contributed by atoms with Crippen LogP contribution in [0.2, 0.25) is 0 Å². The van der Waals surface area contributed by atoms with Gasteiger partial charge in [-0.3, -0.25) is 4.79 Å². The molecular formula is C20H25F2N3O3S2. The lowest BCUT2D eigenvalue weighted by molar-refractivity contribution is -0.115. The molecule has 0 radical (unpaired) electrons. The molecule has 10 heteroatoms. The van der Waals surface area contributed by atoms with Crippen LogP contribution in [0, 0.1) is 11.6 Å². The number of rotatable bonds is 5. The average Bonchev–Trinajstić information content (AvgIpc) is 2.66. The van der Waals surface area contributed by atoms with Crippen molar-refractivity contribution in [2.45, 2.75) is 26.4 Å². The summed E-state index contributed by atoms with van der Waals surface area (Å²) in [5.41, 5.74) is 0.892. The van der Waals surface area contributed by atoms with E-state index in [4.69, 9.17) is 4.74 Å². The fourth-order valence-corrected chi connectivity index (χ4v) is 3.49. The van der Waals surface area contributed by atoms with E-state index in [1.54, 1.807) is 36.8 Å². The molecule has 0 saturated carbocycles. The molecule has 1 saturated heterocycles. The third kappa shape index (κ3) is 6.40. The van der Waals surface area contributed by atoms with Crippen molar-refractivity contribution in [3.05, 3.63) is 34.2 Å². The molecule has 2 amide bonds. The van der Waals surface area contributed by atoms with Gasteiger partial charge in [-0.05, 0) is 39.2 Å². The van der Waals surface area contributed by atoms with Crippen molar-refractivity contribution in [1.29, 1.82) is 0 Å². The summed E-state index contributed by atoms with van der Waals surface area (Å²) >= 11 is 5.75. The summed E-state index contributed by atoms with van der Waals surface area (Å²) in [4.78, 5) is 27.9. The number of thioether (sulfide) groups is 1. The van der Waals surface area contributed by atoms with E-state index in [9.17, 15) is 18.4 Å². The lowest BCUT2D eigenvalue weighted by atomic mass is 10.1. The number of halogens is 2. The number of nitrogens with zero attached hydrogens (tertiary/aromatic N) is 2. The molecule has 1 aromatic rings. The smallest absolute Gasteiger partial charge is 0.410 e. The molecule has 0 aliphatic carbocycles. The summed E-state index contributed by atoms with van der Waals surface area (Å²) < 4.78 is 34.0. The first-order valence-corrected chi connectivity index (χ1v) is 11.0. The fraction of sp³-hybridized carbons (Fsp3) is 0.450. The van der Waals surface area contributed by atoms with Crippen LogP contribution in [0.25, 0.3) is 6.08 Å². The zero-order chi connectivity index (χ0) is 22.5. The summed E-state index contributed by atoms with van der Waals surface area (Å²) in [7, 11) is 0. The fourth-order valence-electron chi connectivity index (χ4n) is 2.91. The SMILES string of the molecule is CS/C(=C\c1c(F)cc(F)cc1N1CCN(C(=O)OC(C)(C)C)CC1)C(=O)NC=S. The summed E-state index contributed by atoms with van der Waals surface area (Å²) in [6, 6.07) is 2.01. The highest BCUT2D eigenvalue weighted by Crippen LogP contribution is 2.30. The second kappa shape index (κ2) is 10.2. The van der Waals surface area contributed by atoms with E-state index in [1.807, 2.05) is 0 Å². The molecule has 0 aromatic heterocycles. The second-order valence-electron chi connectivity index (χ2n) is 7.58. The molecule has 164 valence electrons. The van der Waals surface area contributed by atoms with Gasteiger partial charge in [-0.25, -0.2) is 13.6 Å². The zero-order valence-electron chi connectivity index (χ0n) is 17.3. The first-order valence-electron chi connectivity index (χ1n) is 9.28. The quantitative estimate of drug-likeness (QED) is 0.536. The third-order valence-electron chi connectivity index (χ3n) is 4.25. The van der Waals surface area contributed by atoms with Gasteiger partial charge in [-0.1, -0.05) is 12.2 Å². The Labute approximate surface area is 184 Å². The highest BCUT2D eigenvalue weighted by molar-refractivity contribution is 8.03. The van der Waals surface area contributed by atoms with Crippen LogP contribution >= 0.6 is 24.0 Å². The molecular weight excluding hydrogens is 432 g/mol. The highest BCUT2D eigenvalue weighted by Gasteiger charge is 2.27. The number of nitrogens with one attached hydrogen (secondary N) is 1. The Morgan fingerprint density at radius 1 is 1.20 bits per heavy atom. The van der Waals surface area contributed by atoms with Gasteiger partial charge in [0.05, 0.1) is 16.1 Å². The maximum Gasteiger partial charge on any atom is 0.410 e. The molecule has 30 heavy (non-hydrogen) atoms. The minimum absolute atomic E-state index is 0.103. The van der Waals surface area contributed by atoms with Gasteiger partial charge >= 0.3 is 6.09 Å². The number of hydrogen-bond acceptors (Lipinski definition) is 6. The molecule has 0 atom stereocenters. The normalized spacial score (nSPS) is 15.1. The van der Waals surface area contributed by atoms with E-state index in [2.05, 4.69) is 17.5 Å². The van der Waals surface area contributed by atoms with E-state index in [0.29, 0.717) is 31.9 Å². The number of carbonyl (C=O) groups is 2. The number of anilines is 1. The zero-order valence-corrected chi connectivity index (χ0v) is 19.0. The van der Waals surface area contributed by atoms with Crippen LogP contribution < -0.4 is 10.2 Å². The minimum atomic E-state index is -0.777. The van der Waals surface area contributed by atoms with Gasteiger partial charge in [-0.2, -0.15) is 0 Å². The van der Waals surface area contributed by atoms with E-state index in [0.717, 1.165) is 23.3 Å². The van der Waals surface area contributed by atoms with Crippen molar-refractivity contribution >= 4 is 53.2 Å². The Kier molecular flexibility index (Phi) is 8.19. The summed E-state index contributed by atoms with van der Waals surface area (Å²) in [5, 5.41) is 2.38. The second-order valence-corrected chi connectivity index (χ2v) is 8.66. The van der Waals surface area contributed by atoms with Crippen molar-refractivity contribution < 1.29 is 23.1 Å². The Bertz CT molecular complexity index is 848. The molecule has 1 fully saturated rings. The van der Waals surface area contributed by atoms with Gasteiger partial charge in [0.25, 0.3) is 5.91 Å². The number of ether oxygens (including phenoxy) is 1. The number of thiocarbonyl (C=S) groups is 1. The molecule has 2 rings (SSSR count). The predicted molar refractivity (Wildman–Crippen MR) is 120 cm³/mol. The van der Waals surface area contributed by atoms with Gasteiger partial charge in [0, 0.05) is 37.8 Å². The van der Waals surface area contributed by atoms with Crippen LogP contribution in [0.5, 0.6) is 0 Å². The highest BCUT2D eigenvalue weighted by atomic mass is 32.2. The van der Waals surface area contributed by atoms with Crippen molar-refractivity contribution in [2.24, 2.45) is 0 Å².